The van der Waals surface area contributed by atoms with Crippen molar-refractivity contribution in [3.05, 3.63) is 72.1 Å². The number of pyridine rings is 1. The third-order valence-electron chi connectivity index (χ3n) is 3.52. The summed E-state index contributed by atoms with van der Waals surface area (Å²) in [7, 11) is 1.69. The van der Waals surface area contributed by atoms with Gasteiger partial charge in [0.05, 0.1) is 7.11 Å². The molecule has 0 atom stereocenters. The highest BCUT2D eigenvalue weighted by Crippen LogP contribution is 2.21. The summed E-state index contributed by atoms with van der Waals surface area (Å²) in [5.41, 5.74) is 2.53. The molecule has 0 aliphatic heterocycles. The van der Waals surface area contributed by atoms with Gasteiger partial charge in [0.1, 0.15) is 5.75 Å². The van der Waals surface area contributed by atoms with E-state index in [9.17, 15) is 0 Å². The molecule has 106 valence electrons. The van der Waals surface area contributed by atoms with Crippen molar-refractivity contribution in [1.29, 1.82) is 0 Å². The summed E-state index contributed by atoms with van der Waals surface area (Å²) in [6.45, 7) is 1.70. The van der Waals surface area contributed by atoms with Gasteiger partial charge in [-0.05, 0) is 52.2 Å². The van der Waals surface area contributed by atoms with E-state index in [1.165, 1.54) is 21.9 Å². The smallest absolute Gasteiger partial charge is 0.119 e. The zero-order valence-corrected chi connectivity index (χ0v) is 12.0. The summed E-state index contributed by atoms with van der Waals surface area (Å²) in [5, 5.41) is 5.89. The third-order valence-corrected chi connectivity index (χ3v) is 3.52. The Hall–Kier alpha value is -2.39. The molecule has 3 heteroatoms. The standard InChI is InChI=1S/C18H18N2O/c1-21-18-5-4-16-10-15(2-3-17(16)11-18)13-20-12-14-6-8-19-9-7-14/h2-11,20H,12-13H2,1H3. The van der Waals surface area contributed by atoms with Crippen molar-refractivity contribution in [2.24, 2.45) is 0 Å². The van der Waals surface area contributed by atoms with Crippen LogP contribution < -0.4 is 10.1 Å². The van der Waals surface area contributed by atoms with E-state index in [0.717, 1.165) is 18.8 Å². The van der Waals surface area contributed by atoms with Crippen LogP contribution in [0.4, 0.5) is 0 Å². The molecule has 0 spiro atoms. The van der Waals surface area contributed by atoms with Crippen molar-refractivity contribution < 1.29 is 4.74 Å². The Kier molecular flexibility index (Phi) is 4.12. The van der Waals surface area contributed by atoms with Crippen LogP contribution in [0.2, 0.25) is 0 Å². The number of nitrogens with one attached hydrogen (secondary N) is 1. The number of hydrogen-bond donors (Lipinski definition) is 1. The SMILES string of the molecule is COc1ccc2cc(CNCc3ccncc3)ccc2c1. The van der Waals surface area contributed by atoms with Crippen molar-refractivity contribution in [3.63, 3.8) is 0 Å². The average Bonchev–Trinajstić information content (AvgIpc) is 2.55. The summed E-state index contributed by atoms with van der Waals surface area (Å²) in [5.74, 6) is 0.895. The van der Waals surface area contributed by atoms with Crippen LogP contribution >= 0.6 is 0 Å². The molecular formula is C18H18N2O. The Bertz CT molecular complexity index is 726. The predicted octanol–water partition coefficient (Wildman–Crippen LogP) is 3.53. The molecule has 0 bridgehead atoms. The maximum atomic E-state index is 5.25. The molecule has 1 heterocycles. The topological polar surface area (TPSA) is 34.1 Å². The van der Waals surface area contributed by atoms with Gasteiger partial charge in [0.15, 0.2) is 0 Å². The molecule has 0 aliphatic rings. The van der Waals surface area contributed by atoms with E-state index in [4.69, 9.17) is 4.74 Å². The molecule has 3 nitrogen and oxygen atoms in total. The maximum Gasteiger partial charge on any atom is 0.119 e. The van der Waals surface area contributed by atoms with Crippen molar-refractivity contribution in [2.75, 3.05) is 7.11 Å². The summed E-state index contributed by atoms with van der Waals surface area (Å²) in [6.07, 6.45) is 3.64. The van der Waals surface area contributed by atoms with Crippen molar-refractivity contribution in [1.82, 2.24) is 10.3 Å². The second-order valence-electron chi connectivity index (χ2n) is 5.01. The Balaban J connectivity index is 1.67. The van der Waals surface area contributed by atoms with Crippen LogP contribution in [-0.2, 0) is 13.1 Å². The van der Waals surface area contributed by atoms with E-state index in [2.05, 4.69) is 40.6 Å². The van der Waals surface area contributed by atoms with E-state index in [1.54, 1.807) is 7.11 Å². The van der Waals surface area contributed by atoms with Crippen LogP contribution in [0.15, 0.2) is 60.9 Å². The first-order valence-electron chi connectivity index (χ1n) is 7.01. The fraction of sp³-hybridized carbons (Fsp3) is 0.167. The molecular weight excluding hydrogens is 260 g/mol. The zero-order valence-electron chi connectivity index (χ0n) is 12.0. The molecule has 2 aromatic carbocycles. The first kappa shape index (κ1) is 13.6. The minimum atomic E-state index is 0.850. The number of benzene rings is 2. The lowest BCUT2D eigenvalue weighted by Crippen LogP contribution is -2.12. The number of nitrogens with zero attached hydrogens (tertiary/aromatic N) is 1. The van der Waals surface area contributed by atoms with Crippen molar-refractivity contribution in [2.45, 2.75) is 13.1 Å². The average molecular weight is 278 g/mol. The fourth-order valence-electron chi connectivity index (χ4n) is 2.36. The van der Waals surface area contributed by atoms with Crippen LogP contribution in [0.5, 0.6) is 5.75 Å². The Labute approximate surface area is 124 Å². The van der Waals surface area contributed by atoms with Crippen molar-refractivity contribution in [3.8, 4) is 5.75 Å². The Morgan fingerprint density at radius 2 is 1.57 bits per heavy atom. The van der Waals surface area contributed by atoms with Crippen molar-refractivity contribution >= 4 is 10.8 Å². The van der Waals surface area contributed by atoms with Gasteiger partial charge in [-0.15, -0.1) is 0 Å². The molecule has 3 aromatic rings. The summed E-state index contributed by atoms with van der Waals surface area (Å²) in [4.78, 5) is 4.02. The van der Waals surface area contributed by atoms with Gasteiger partial charge >= 0.3 is 0 Å². The summed E-state index contributed by atoms with van der Waals surface area (Å²) in [6, 6.07) is 16.7. The van der Waals surface area contributed by atoms with Gasteiger partial charge in [-0.25, -0.2) is 0 Å². The number of methoxy groups -OCH3 is 1. The van der Waals surface area contributed by atoms with Crippen LogP contribution in [-0.4, -0.2) is 12.1 Å². The quantitative estimate of drug-likeness (QED) is 0.775. The summed E-state index contributed by atoms with van der Waals surface area (Å²) < 4.78 is 5.25. The lowest BCUT2D eigenvalue weighted by molar-refractivity contribution is 0.415. The van der Waals surface area contributed by atoms with Gasteiger partial charge in [0.2, 0.25) is 0 Å². The highest BCUT2D eigenvalue weighted by molar-refractivity contribution is 5.84. The molecule has 3 rings (SSSR count). The minimum Gasteiger partial charge on any atom is -0.497 e. The number of ether oxygens (including phenoxy) is 1. The Morgan fingerprint density at radius 1 is 0.857 bits per heavy atom. The third kappa shape index (κ3) is 3.38. The molecule has 1 aromatic heterocycles. The molecule has 0 fully saturated rings. The number of rotatable bonds is 5. The number of aromatic nitrogens is 1. The highest BCUT2D eigenvalue weighted by atomic mass is 16.5. The lowest BCUT2D eigenvalue weighted by Gasteiger charge is -2.07. The van der Waals surface area contributed by atoms with Gasteiger partial charge in [-0.1, -0.05) is 18.2 Å². The van der Waals surface area contributed by atoms with Gasteiger partial charge in [0, 0.05) is 25.5 Å². The molecule has 21 heavy (non-hydrogen) atoms. The minimum absolute atomic E-state index is 0.850. The van der Waals surface area contributed by atoms with E-state index >= 15 is 0 Å². The van der Waals surface area contributed by atoms with E-state index in [0.29, 0.717) is 0 Å². The largest absolute Gasteiger partial charge is 0.497 e. The molecule has 0 saturated heterocycles. The van der Waals surface area contributed by atoms with Gasteiger partial charge in [-0.3, -0.25) is 4.98 Å². The normalized spacial score (nSPS) is 10.7. The van der Waals surface area contributed by atoms with Crippen LogP contribution in [0, 0.1) is 0 Å². The first-order valence-corrected chi connectivity index (χ1v) is 7.01. The van der Waals surface area contributed by atoms with Gasteiger partial charge < -0.3 is 10.1 Å². The van der Waals surface area contributed by atoms with E-state index in [1.807, 2.05) is 30.6 Å². The molecule has 0 unspecified atom stereocenters. The maximum absolute atomic E-state index is 5.25. The van der Waals surface area contributed by atoms with Gasteiger partial charge in [-0.2, -0.15) is 0 Å². The van der Waals surface area contributed by atoms with E-state index < -0.39 is 0 Å². The molecule has 0 amide bonds. The van der Waals surface area contributed by atoms with Crippen LogP contribution in [0.1, 0.15) is 11.1 Å². The van der Waals surface area contributed by atoms with E-state index in [-0.39, 0.29) is 0 Å². The second kappa shape index (κ2) is 6.37. The number of fused-ring (bicyclic) bond motifs is 1. The predicted molar refractivity (Wildman–Crippen MR) is 85.3 cm³/mol. The second-order valence-corrected chi connectivity index (χ2v) is 5.01. The molecule has 1 N–H and O–H groups in total. The fourth-order valence-corrected chi connectivity index (χ4v) is 2.36. The molecule has 0 saturated carbocycles. The van der Waals surface area contributed by atoms with Crippen LogP contribution in [0.3, 0.4) is 0 Å². The first-order chi connectivity index (χ1) is 10.3. The summed E-state index contributed by atoms with van der Waals surface area (Å²) >= 11 is 0. The zero-order chi connectivity index (χ0) is 14.5. The number of hydrogen-bond acceptors (Lipinski definition) is 3. The van der Waals surface area contributed by atoms with Crippen LogP contribution in [0.25, 0.3) is 10.8 Å². The van der Waals surface area contributed by atoms with Gasteiger partial charge in [0.25, 0.3) is 0 Å². The Morgan fingerprint density at radius 3 is 2.38 bits per heavy atom. The monoisotopic (exact) mass is 278 g/mol. The highest BCUT2D eigenvalue weighted by Gasteiger charge is 1.99. The molecule has 0 radical (unpaired) electrons. The molecule has 0 aliphatic carbocycles. The lowest BCUT2D eigenvalue weighted by atomic mass is 10.1.